The molecule has 1 aromatic heterocycles. The van der Waals surface area contributed by atoms with Crippen molar-refractivity contribution in [1.29, 1.82) is 0 Å². The minimum Gasteiger partial charge on any atom is -0.396 e. The zero-order valence-corrected chi connectivity index (χ0v) is 12.8. The lowest BCUT2D eigenvalue weighted by Crippen LogP contribution is -2.03. The number of pyridine rings is 1. The van der Waals surface area contributed by atoms with Gasteiger partial charge in [0.15, 0.2) is 0 Å². The van der Waals surface area contributed by atoms with E-state index >= 15 is 0 Å². The molecule has 0 radical (unpaired) electrons. The summed E-state index contributed by atoms with van der Waals surface area (Å²) in [5.74, 6) is 0. The number of unbranched alkanes of at least 4 members (excludes halogenated alkanes) is 3. The normalized spacial score (nSPS) is 11.1. The third-order valence-corrected chi connectivity index (χ3v) is 3.97. The first-order valence-electron chi connectivity index (χ1n) is 8.02. The van der Waals surface area contributed by atoms with Gasteiger partial charge in [0.2, 0.25) is 0 Å². The molecule has 0 atom stereocenters. The number of anilines is 1. The Hall–Kier alpha value is -2.13. The van der Waals surface area contributed by atoms with E-state index in [1.54, 1.807) is 0 Å². The molecule has 0 saturated heterocycles. The van der Waals surface area contributed by atoms with Gasteiger partial charge in [-0.2, -0.15) is 0 Å². The van der Waals surface area contributed by atoms with E-state index in [1.807, 2.05) is 12.1 Å². The van der Waals surface area contributed by atoms with Crippen molar-refractivity contribution in [3.05, 3.63) is 48.5 Å². The quantitative estimate of drug-likeness (QED) is 0.503. The maximum atomic E-state index is 8.81. The number of hydrogen-bond acceptors (Lipinski definition) is 3. The van der Waals surface area contributed by atoms with E-state index in [0.717, 1.165) is 43.3 Å². The fourth-order valence-electron chi connectivity index (χ4n) is 2.83. The monoisotopic (exact) mass is 294 g/mol. The topological polar surface area (TPSA) is 45.1 Å². The molecule has 3 heteroatoms. The van der Waals surface area contributed by atoms with Crippen LogP contribution in [0.25, 0.3) is 21.8 Å². The fourth-order valence-corrected chi connectivity index (χ4v) is 2.83. The molecule has 0 aliphatic rings. The summed E-state index contributed by atoms with van der Waals surface area (Å²) in [6.45, 7) is 1.25. The van der Waals surface area contributed by atoms with Gasteiger partial charge < -0.3 is 10.4 Å². The largest absolute Gasteiger partial charge is 0.396 e. The van der Waals surface area contributed by atoms with Gasteiger partial charge >= 0.3 is 0 Å². The number of nitrogens with one attached hydrogen (secondary N) is 1. The summed E-state index contributed by atoms with van der Waals surface area (Å²) in [4.78, 5) is 4.74. The van der Waals surface area contributed by atoms with Gasteiger partial charge in [0.05, 0.1) is 16.7 Å². The van der Waals surface area contributed by atoms with E-state index < -0.39 is 0 Å². The predicted octanol–water partition coefficient (Wildman–Crippen LogP) is 4.35. The number of benzene rings is 2. The Balaban J connectivity index is 1.85. The van der Waals surface area contributed by atoms with Crippen molar-refractivity contribution >= 4 is 27.5 Å². The molecule has 0 saturated carbocycles. The summed E-state index contributed by atoms with van der Waals surface area (Å²) in [6, 6.07) is 16.6. The van der Waals surface area contributed by atoms with Gasteiger partial charge in [-0.25, -0.2) is 4.98 Å². The lowest BCUT2D eigenvalue weighted by molar-refractivity contribution is 0.283. The Morgan fingerprint density at radius 3 is 2.00 bits per heavy atom. The highest BCUT2D eigenvalue weighted by molar-refractivity contribution is 6.07. The lowest BCUT2D eigenvalue weighted by atomic mass is 10.1. The van der Waals surface area contributed by atoms with Crippen molar-refractivity contribution in [2.75, 3.05) is 18.5 Å². The van der Waals surface area contributed by atoms with Crippen molar-refractivity contribution < 1.29 is 5.11 Å². The number of nitrogens with zero attached hydrogens (tertiary/aromatic N) is 1. The van der Waals surface area contributed by atoms with Crippen LogP contribution >= 0.6 is 0 Å². The van der Waals surface area contributed by atoms with Crippen LogP contribution in [0.15, 0.2) is 48.5 Å². The van der Waals surface area contributed by atoms with Crippen LogP contribution in [0.2, 0.25) is 0 Å². The van der Waals surface area contributed by atoms with Crippen LogP contribution in [0, 0.1) is 0 Å². The number of aromatic nitrogens is 1. The summed E-state index contributed by atoms with van der Waals surface area (Å²) < 4.78 is 0. The molecular weight excluding hydrogens is 272 g/mol. The highest BCUT2D eigenvalue weighted by Gasteiger charge is 2.07. The van der Waals surface area contributed by atoms with Crippen LogP contribution in [-0.4, -0.2) is 23.2 Å². The average molecular weight is 294 g/mol. The molecule has 22 heavy (non-hydrogen) atoms. The molecule has 3 rings (SSSR count). The first-order chi connectivity index (χ1) is 10.9. The molecule has 0 amide bonds. The van der Waals surface area contributed by atoms with E-state index in [4.69, 9.17) is 10.1 Å². The van der Waals surface area contributed by atoms with E-state index in [-0.39, 0.29) is 0 Å². The number of aliphatic hydroxyl groups is 1. The molecule has 1 heterocycles. The van der Waals surface area contributed by atoms with E-state index in [1.165, 1.54) is 16.5 Å². The van der Waals surface area contributed by atoms with Crippen molar-refractivity contribution in [2.45, 2.75) is 25.7 Å². The van der Waals surface area contributed by atoms with Gasteiger partial charge in [-0.15, -0.1) is 0 Å². The molecule has 3 aromatic rings. The molecule has 0 bridgehead atoms. The highest BCUT2D eigenvalue weighted by Crippen LogP contribution is 2.30. The van der Waals surface area contributed by atoms with Gasteiger partial charge in [-0.1, -0.05) is 49.2 Å². The van der Waals surface area contributed by atoms with E-state index in [9.17, 15) is 0 Å². The Bertz CT molecular complexity index is 701. The minimum atomic E-state index is 0.299. The van der Waals surface area contributed by atoms with Crippen LogP contribution in [-0.2, 0) is 0 Å². The molecule has 3 nitrogen and oxygen atoms in total. The van der Waals surface area contributed by atoms with E-state index in [0.29, 0.717) is 6.61 Å². The number of fused-ring (bicyclic) bond motifs is 2. The summed E-state index contributed by atoms with van der Waals surface area (Å²) in [6.07, 6.45) is 4.26. The van der Waals surface area contributed by atoms with Crippen LogP contribution in [0.3, 0.4) is 0 Å². The second-order valence-corrected chi connectivity index (χ2v) is 5.59. The zero-order chi connectivity index (χ0) is 15.2. The average Bonchev–Trinajstić information content (AvgIpc) is 2.57. The van der Waals surface area contributed by atoms with Crippen molar-refractivity contribution in [3.63, 3.8) is 0 Å². The molecule has 114 valence electrons. The lowest BCUT2D eigenvalue weighted by Gasteiger charge is -2.13. The van der Waals surface area contributed by atoms with Gasteiger partial charge in [0.25, 0.3) is 0 Å². The standard InChI is InChI=1S/C19H22N2O/c22-14-8-2-1-7-13-20-19-15-9-3-5-11-17(15)21-18-12-6-4-10-16(18)19/h3-6,9-12,22H,1-2,7-8,13-14H2,(H,20,21). The van der Waals surface area contributed by atoms with E-state index in [2.05, 4.69) is 41.7 Å². The summed E-state index contributed by atoms with van der Waals surface area (Å²) in [7, 11) is 0. The van der Waals surface area contributed by atoms with Crippen LogP contribution in [0.5, 0.6) is 0 Å². The molecule has 2 N–H and O–H groups in total. The second-order valence-electron chi connectivity index (χ2n) is 5.59. The number of aliphatic hydroxyl groups excluding tert-OH is 1. The predicted molar refractivity (Wildman–Crippen MR) is 93.3 cm³/mol. The maximum Gasteiger partial charge on any atom is 0.0730 e. The highest BCUT2D eigenvalue weighted by atomic mass is 16.2. The molecule has 0 fully saturated rings. The van der Waals surface area contributed by atoms with Crippen LogP contribution < -0.4 is 5.32 Å². The fraction of sp³-hybridized carbons (Fsp3) is 0.316. The van der Waals surface area contributed by atoms with Gasteiger partial charge in [-0.3, -0.25) is 0 Å². The SMILES string of the molecule is OCCCCCCNc1c2ccccc2nc2ccccc12. The molecular formula is C19H22N2O. The van der Waals surface area contributed by atoms with Gasteiger partial charge in [-0.05, 0) is 25.0 Å². The Morgan fingerprint density at radius 2 is 1.36 bits per heavy atom. The molecule has 0 unspecified atom stereocenters. The Kier molecular flexibility index (Phi) is 4.86. The first kappa shape index (κ1) is 14.8. The Labute approximate surface area is 131 Å². The number of para-hydroxylation sites is 2. The Morgan fingerprint density at radius 1 is 0.773 bits per heavy atom. The summed E-state index contributed by atoms with van der Waals surface area (Å²) in [5.41, 5.74) is 3.25. The summed E-state index contributed by atoms with van der Waals surface area (Å²) in [5, 5.41) is 14.8. The number of hydrogen-bond donors (Lipinski definition) is 2. The second kappa shape index (κ2) is 7.23. The third-order valence-electron chi connectivity index (χ3n) is 3.97. The smallest absolute Gasteiger partial charge is 0.0730 e. The molecule has 0 aliphatic heterocycles. The van der Waals surface area contributed by atoms with Crippen LogP contribution in [0.1, 0.15) is 25.7 Å². The summed E-state index contributed by atoms with van der Waals surface area (Å²) >= 11 is 0. The third kappa shape index (κ3) is 3.20. The molecule has 2 aromatic carbocycles. The number of rotatable bonds is 7. The van der Waals surface area contributed by atoms with Crippen LogP contribution in [0.4, 0.5) is 5.69 Å². The van der Waals surface area contributed by atoms with Crippen molar-refractivity contribution in [3.8, 4) is 0 Å². The van der Waals surface area contributed by atoms with Gasteiger partial charge in [0.1, 0.15) is 0 Å². The maximum absolute atomic E-state index is 8.81. The van der Waals surface area contributed by atoms with Gasteiger partial charge in [0, 0.05) is 23.9 Å². The zero-order valence-electron chi connectivity index (χ0n) is 12.8. The first-order valence-corrected chi connectivity index (χ1v) is 8.02. The molecule has 0 spiro atoms. The molecule has 0 aliphatic carbocycles. The minimum absolute atomic E-state index is 0.299. The van der Waals surface area contributed by atoms with Crippen molar-refractivity contribution in [1.82, 2.24) is 4.98 Å². The van der Waals surface area contributed by atoms with Crippen molar-refractivity contribution in [2.24, 2.45) is 0 Å².